The van der Waals surface area contributed by atoms with E-state index in [4.69, 9.17) is 8.83 Å². The van der Waals surface area contributed by atoms with Gasteiger partial charge in [-0.1, -0.05) is 18.2 Å². The molecule has 0 amide bonds. The van der Waals surface area contributed by atoms with Gasteiger partial charge in [0.15, 0.2) is 5.58 Å². The van der Waals surface area contributed by atoms with Crippen molar-refractivity contribution >= 4 is 22.1 Å². The average Bonchev–Trinajstić information content (AvgIpc) is 2.94. The molecule has 0 fully saturated rings. The molecular formula is C16H9NO3. The average molecular weight is 263 g/mol. The molecule has 0 unspecified atom stereocenters. The highest BCUT2D eigenvalue weighted by Gasteiger charge is 2.08. The Kier molecular flexibility index (Phi) is 2.23. The Balaban J connectivity index is 2.05. The molecule has 0 spiro atoms. The van der Waals surface area contributed by atoms with Crippen LogP contribution in [0.25, 0.3) is 33.2 Å². The van der Waals surface area contributed by atoms with Gasteiger partial charge >= 0.3 is 5.63 Å². The third kappa shape index (κ3) is 1.62. The monoisotopic (exact) mass is 263 g/mol. The molecule has 0 radical (unpaired) electrons. The van der Waals surface area contributed by atoms with E-state index in [1.165, 1.54) is 6.20 Å². The fourth-order valence-corrected chi connectivity index (χ4v) is 2.34. The lowest BCUT2D eigenvalue weighted by Crippen LogP contribution is -1.98. The molecule has 0 saturated heterocycles. The van der Waals surface area contributed by atoms with E-state index in [1.807, 2.05) is 42.5 Å². The van der Waals surface area contributed by atoms with Crippen LogP contribution in [-0.4, -0.2) is 4.98 Å². The van der Waals surface area contributed by atoms with E-state index in [2.05, 4.69) is 4.98 Å². The van der Waals surface area contributed by atoms with Crippen molar-refractivity contribution in [2.75, 3.05) is 0 Å². The molecule has 2 heterocycles. The molecule has 4 heteroatoms. The predicted molar refractivity (Wildman–Crippen MR) is 75.5 cm³/mol. The molecule has 0 atom stereocenters. The van der Waals surface area contributed by atoms with Crippen LogP contribution in [-0.2, 0) is 0 Å². The highest BCUT2D eigenvalue weighted by Crippen LogP contribution is 2.29. The van der Waals surface area contributed by atoms with Crippen molar-refractivity contribution in [3.8, 4) is 11.1 Å². The van der Waals surface area contributed by atoms with Crippen LogP contribution in [0, 0.1) is 0 Å². The van der Waals surface area contributed by atoms with Gasteiger partial charge in [0, 0.05) is 10.9 Å². The molecule has 4 aromatic rings. The quantitative estimate of drug-likeness (QED) is 0.526. The first-order valence-corrected chi connectivity index (χ1v) is 6.18. The van der Waals surface area contributed by atoms with Crippen LogP contribution in [0.3, 0.4) is 0 Å². The maximum absolute atomic E-state index is 11.4. The van der Waals surface area contributed by atoms with Gasteiger partial charge in [-0.15, -0.1) is 0 Å². The molecule has 0 bridgehead atoms. The van der Waals surface area contributed by atoms with Crippen molar-refractivity contribution in [2.24, 2.45) is 0 Å². The van der Waals surface area contributed by atoms with E-state index in [0.717, 1.165) is 22.1 Å². The van der Waals surface area contributed by atoms with Gasteiger partial charge in [-0.05, 0) is 29.8 Å². The van der Waals surface area contributed by atoms with Gasteiger partial charge in [0.2, 0.25) is 0 Å². The first kappa shape index (κ1) is 11.0. The number of hydrogen-bond donors (Lipinski definition) is 0. The van der Waals surface area contributed by atoms with Crippen LogP contribution in [0.4, 0.5) is 0 Å². The van der Waals surface area contributed by atoms with Gasteiger partial charge in [-0.2, -0.15) is 0 Å². The molecule has 0 N–H and O–H groups in total. The van der Waals surface area contributed by atoms with Gasteiger partial charge in [0.25, 0.3) is 0 Å². The summed E-state index contributed by atoms with van der Waals surface area (Å²) in [5, 5.41) is 1.01. The van der Waals surface area contributed by atoms with E-state index < -0.39 is 5.63 Å². The summed E-state index contributed by atoms with van der Waals surface area (Å²) in [6.07, 6.45) is 2.84. The first-order valence-electron chi connectivity index (χ1n) is 6.18. The summed E-state index contributed by atoms with van der Waals surface area (Å²) >= 11 is 0. The van der Waals surface area contributed by atoms with Crippen molar-refractivity contribution in [3.05, 3.63) is 65.3 Å². The van der Waals surface area contributed by atoms with Crippen LogP contribution in [0.15, 0.2) is 68.6 Å². The SMILES string of the molecule is O=c1cnc2cccc(-c3ccc4occc4c3)c2o1. The summed E-state index contributed by atoms with van der Waals surface area (Å²) in [7, 11) is 0. The molecule has 0 aliphatic heterocycles. The number of aromatic nitrogens is 1. The largest absolute Gasteiger partial charge is 0.464 e. The van der Waals surface area contributed by atoms with Crippen LogP contribution < -0.4 is 5.63 Å². The number of fused-ring (bicyclic) bond motifs is 2. The van der Waals surface area contributed by atoms with Gasteiger partial charge in [0.1, 0.15) is 17.3 Å². The third-order valence-corrected chi connectivity index (χ3v) is 3.27. The summed E-state index contributed by atoms with van der Waals surface area (Å²) in [6, 6.07) is 13.4. The molecule has 4 rings (SSSR count). The minimum atomic E-state index is -0.450. The molecule has 20 heavy (non-hydrogen) atoms. The van der Waals surface area contributed by atoms with Gasteiger partial charge in [-0.25, -0.2) is 9.78 Å². The number of nitrogens with zero attached hydrogens (tertiary/aromatic N) is 1. The molecule has 0 saturated carbocycles. The summed E-state index contributed by atoms with van der Waals surface area (Å²) in [6.45, 7) is 0. The minimum absolute atomic E-state index is 0.450. The van der Waals surface area contributed by atoms with Gasteiger partial charge in [-0.3, -0.25) is 0 Å². The number of hydrogen-bond acceptors (Lipinski definition) is 4. The maximum Gasteiger partial charge on any atom is 0.354 e. The van der Waals surface area contributed by atoms with Gasteiger partial charge < -0.3 is 8.83 Å². The first-order chi connectivity index (χ1) is 9.81. The zero-order valence-electron chi connectivity index (χ0n) is 10.4. The Hall–Kier alpha value is -2.88. The normalized spacial score (nSPS) is 11.2. The van der Waals surface area contributed by atoms with Crippen LogP contribution in [0.5, 0.6) is 0 Å². The van der Waals surface area contributed by atoms with Crippen LogP contribution in [0.2, 0.25) is 0 Å². The maximum atomic E-state index is 11.4. The van der Waals surface area contributed by atoms with E-state index >= 15 is 0 Å². The second-order valence-corrected chi connectivity index (χ2v) is 4.51. The Labute approximate surface area is 113 Å². The highest BCUT2D eigenvalue weighted by molar-refractivity contribution is 5.93. The number of rotatable bonds is 1. The summed E-state index contributed by atoms with van der Waals surface area (Å²) in [4.78, 5) is 15.5. The fourth-order valence-electron chi connectivity index (χ4n) is 2.34. The Morgan fingerprint density at radius 1 is 1.05 bits per heavy atom. The number of para-hydroxylation sites is 1. The highest BCUT2D eigenvalue weighted by atomic mass is 16.4. The molecule has 2 aromatic carbocycles. The summed E-state index contributed by atoms with van der Waals surface area (Å²) < 4.78 is 10.6. The van der Waals surface area contributed by atoms with Crippen molar-refractivity contribution in [1.82, 2.24) is 4.98 Å². The van der Waals surface area contributed by atoms with Crippen LogP contribution >= 0.6 is 0 Å². The smallest absolute Gasteiger partial charge is 0.354 e. The molecule has 0 aliphatic rings. The lowest BCUT2D eigenvalue weighted by molar-refractivity contribution is 0.556. The van der Waals surface area contributed by atoms with E-state index in [-0.39, 0.29) is 0 Å². The molecule has 2 aromatic heterocycles. The lowest BCUT2D eigenvalue weighted by Gasteiger charge is -2.04. The standard InChI is InChI=1S/C16H9NO3/c18-15-9-17-13-3-1-2-12(16(13)20-15)10-4-5-14-11(8-10)6-7-19-14/h1-9H. The fraction of sp³-hybridized carbons (Fsp3) is 0. The van der Waals surface area contributed by atoms with Crippen molar-refractivity contribution in [2.45, 2.75) is 0 Å². The number of furan rings is 1. The van der Waals surface area contributed by atoms with E-state index in [1.54, 1.807) is 6.26 Å². The Bertz CT molecular complexity index is 982. The third-order valence-electron chi connectivity index (χ3n) is 3.27. The van der Waals surface area contributed by atoms with Crippen molar-refractivity contribution < 1.29 is 8.83 Å². The Morgan fingerprint density at radius 2 is 2.00 bits per heavy atom. The zero-order chi connectivity index (χ0) is 13.5. The second kappa shape index (κ2) is 4.06. The van der Waals surface area contributed by atoms with Gasteiger partial charge in [0.05, 0.1) is 6.26 Å². The van der Waals surface area contributed by atoms with Crippen molar-refractivity contribution in [1.29, 1.82) is 0 Å². The van der Waals surface area contributed by atoms with E-state index in [0.29, 0.717) is 11.1 Å². The second-order valence-electron chi connectivity index (χ2n) is 4.51. The summed E-state index contributed by atoms with van der Waals surface area (Å²) in [5.74, 6) is 0. The lowest BCUT2D eigenvalue weighted by atomic mass is 10.0. The topological polar surface area (TPSA) is 56.2 Å². The van der Waals surface area contributed by atoms with Crippen LogP contribution in [0.1, 0.15) is 0 Å². The zero-order valence-corrected chi connectivity index (χ0v) is 10.4. The molecule has 0 aliphatic carbocycles. The molecule has 4 nitrogen and oxygen atoms in total. The minimum Gasteiger partial charge on any atom is -0.464 e. The van der Waals surface area contributed by atoms with E-state index in [9.17, 15) is 4.79 Å². The number of benzene rings is 2. The predicted octanol–water partition coefficient (Wildman–Crippen LogP) is 3.60. The molecule has 96 valence electrons. The van der Waals surface area contributed by atoms with Crippen molar-refractivity contribution in [3.63, 3.8) is 0 Å². The Morgan fingerprint density at radius 3 is 2.95 bits per heavy atom. The molecular weight excluding hydrogens is 254 g/mol. The summed E-state index contributed by atoms with van der Waals surface area (Å²) in [5.41, 5.74) is 3.34.